The molecular formula is C19H29N3O. The van der Waals surface area contributed by atoms with Crippen LogP contribution in [0.5, 0.6) is 0 Å². The third-order valence-electron chi connectivity index (χ3n) is 5.32. The average Bonchev–Trinajstić information content (AvgIpc) is 3.23. The predicted molar refractivity (Wildman–Crippen MR) is 93.7 cm³/mol. The van der Waals surface area contributed by atoms with Crippen LogP contribution in [0.1, 0.15) is 48.0 Å². The molecule has 2 fully saturated rings. The van der Waals surface area contributed by atoms with Crippen molar-refractivity contribution in [3.8, 4) is 0 Å². The summed E-state index contributed by atoms with van der Waals surface area (Å²) in [7, 11) is 0. The highest BCUT2D eigenvalue weighted by molar-refractivity contribution is 5.94. The molecule has 0 bridgehead atoms. The molecule has 3 atom stereocenters. The molecule has 2 aliphatic rings. The summed E-state index contributed by atoms with van der Waals surface area (Å²) in [5.41, 5.74) is 1.92. The number of nitrogens with one attached hydrogen (secondary N) is 3. The summed E-state index contributed by atoms with van der Waals surface area (Å²) >= 11 is 0. The van der Waals surface area contributed by atoms with Gasteiger partial charge in [-0.25, -0.2) is 0 Å². The van der Waals surface area contributed by atoms with Gasteiger partial charge in [0.05, 0.1) is 0 Å². The standard InChI is InChI=1S/C19H29N3O/c1-14-7-9-15(10-8-14)19(23)22-13-12-21-17-5-2-4-16(17)18-6-3-11-20-18/h7-10,16-18,20-21H,2-6,11-13H2,1H3,(H,22,23). The van der Waals surface area contributed by atoms with Gasteiger partial charge in [0, 0.05) is 30.7 Å². The fourth-order valence-electron chi connectivity index (χ4n) is 4.04. The Morgan fingerprint density at radius 2 is 1.96 bits per heavy atom. The molecule has 0 aromatic heterocycles. The molecule has 126 valence electrons. The van der Waals surface area contributed by atoms with Crippen LogP contribution < -0.4 is 16.0 Å². The van der Waals surface area contributed by atoms with Crippen LogP contribution in [-0.2, 0) is 0 Å². The van der Waals surface area contributed by atoms with Gasteiger partial charge in [-0.05, 0) is 57.2 Å². The third kappa shape index (κ3) is 4.33. The molecule has 0 radical (unpaired) electrons. The fourth-order valence-corrected chi connectivity index (χ4v) is 4.04. The molecule has 1 aromatic carbocycles. The van der Waals surface area contributed by atoms with E-state index in [2.05, 4.69) is 16.0 Å². The second-order valence-electron chi connectivity index (χ2n) is 6.98. The lowest BCUT2D eigenvalue weighted by molar-refractivity contribution is 0.0953. The SMILES string of the molecule is Cc1ccc(C(=O)NCCNC2CCCC2C2CCCN2)cc1. The van der Waals surface area contributed by atoms with E-state index >= 15 is 0 Å². The summed E-state index contributed by atoms with van der Waals surface area (Å²) in [5, 5.41) is 10.3. The summed E-state index contributed by atoms with van der Waals surface area (Å²) in [6.07, 6.45) is 6.59. The Morgan fingerprint density at radius 3 is 2.70 bits per heavy atom. The van der Waals surface area contributed by atoms with Crippen molar-refractivity contribution in [1.82, 2.24) is 16.0 Å². The first-order valence-electron chi connectivity index (χ1n) is 9.05. The molecule has 1 heterocycles. The van der Waals surface area contributed by atoms with Gasteiger partial charge in [-0.2, -0.15) is 0 Å². The number of hydrogen-bond donors (Lipinski definition) is 3. The lowest BCUT2D eigenvalue weighted by atomic mass is 9.93. The maximum absolute atomic E-state index is 12.1. The van der Waals surface area contributed by atoms with E-state index in [-0.39, 0.29) is 5.91 Å². The normalized spacial score (nSPS) is 27.3. The van der Waals surface area contributed by atoms with Crippen LogP contribution >= 0.6 is 0 Å². The van der Waals surface area contributed by atoms with Crippen molar-refractivity contribution in [3.05, 3.63) is 35.4 Å². The lowest BCUT2D eigenvalue weighted by Crippen LogP contribution is -2.44. The van der Waals surface area contributed by atoms with E-state index < -0.39 is 0 Å². The van der Waals surface area contributed by atoms with Gasteiger partial charge in [0.1, 0.15) is 0 Å². The van der Waals surface area contributed by atoms with Gasteiger partial charge in [-0.3, -0.25) is 4.79 Å². The van der Waals surface area contributed by atoms with Crippen molar-refractivity contribution >= 4 is 5.91 Å². The van der Waals surface area contributed by atoms with Crippen LogP contribution in [0.15, 0.2) is 24.3 Å². The van der Waals surface area contributed by atoms with Crippen molar-refractivity contribution < 1.29 is 4.79 Å². The number of benzene rings is 1. The third-order valence-corrected chi connectivity index (χ3v) is 5.32. The first-order chi connectivity index (χ1) is 11.2. The summed E-state index contributed by atoms with van der Waals surface area (Å²) in [6, 6.07) is 9.04. The summed E-state index contributed by atoms with van der Waals surface area (Å²) < 4.78 is 0. The average molecular weight is 315 g/mol. The Kier molecular flexibility index (Phi) is 5.68. The molecule has 0 spiro atoms. The Labute approximate surface area is 139 Å². The molecule has 1 aliphatic carbocycles. The topological polar surface area (TPSA) is 53.2 Å². The van der Waals surface area contributed by atoms with Crippen molar-refractivity contribution in [2.45, 2.75) is 51.1 Å². The Hall–Kier alpha value is -1.39. The second kappa shape index (κ2) is 7.93. The molecule has 1 aliphatic heterocycles. The van der Waals surface area contributed by atoms with Crippen LogP contribution in [0.3, 0.4) is 0 Å². The highest BCUT2D eigenvalue weighted by Crippen LogP contribution is 2.31. The van der Waals surface area contributed by atoms with E-state index in [9.17, 15) is 4.79 Å². The van der Waals surface area contributed by atoms with E-state index in [0.717, 1.165) is 18.0 Å². The quantitative estimate of drug-likeness (QED) is 0.706. The number of carbonyl (C=O) groups is 1. The maximum atomic E-state index is 12.1. The Balaban J connectivity index is 1.39. The number of carbonyl (C=O) groups excluding carboxylic acids is 1. The molecule has 4 heteroatoms. The van der Waals surface area contributed by atoms with Gasteiger partial charge in [-0.15, -0.1) is 0 Å². The molecule has 1 aromatic rings. The number of amides is 1. The zero-order valence-electron chi connectivity index (χ0n) is 14.1. The van der Waals surface area contributed by atoms with E-state index in [1.165, 1.54) is 44.2 Å². The Bertz CT molecular complexity index is 508. The summed E-state index contributed by atoms with van der Waals surface area (Å²) in [4.78, 5) is 12.1. The van der Waals surface area contributed by atoms with Gasteiger partial charge in [0.25, 0.3) is 5.91 Å². The summed E-state index contributed by atoms with van der Waals surface area (Å²) in [5.74, 6) is 0.789. The van der Waals surface area contributed by atoms with E-state index in [4.69, 9.17) is 0 Å². The summed E-state index contributed by atoms with van der Waals surface area (Å²) in [6.45, 7) is 4.75. The van der Waals surface area contributed by atoms with Crippen LogP contribution in [0.25, 0.3) is 0 Å². The second-order valence-corrected chi connectivity index (χ2v) is 6.98. The van der Waals surface area contributed by atoms with Crippen LogP contribution in [-0.4, -0.2) is 37.6 Å². The number of aryl methyl sites for hydroxylation is 1. The van der Waals surface area contributed by atoms with Gasteiger partial charge in [0.15, 0.2) is 0 Å². The van der Waals surface area contributed by atoms with Gasteiger partial charge in [-0.1, -0.05) is 24.1 Å². The van der Waals surface area contributed by atoms with E-state index in [0.29, 0.717) is 18.6 Å². The minimum atomic E-state index is 0.0206. The molecule has 3 unspecified atom stereocenters. The van der Waals surface area contributed by atoms with Crippen molar-refractivity contribution in [2.24, 2.45) is 5.92 Å². The van der Waals surface area contributed by atoms with Crippen LogP contribution in [0.4, 0.5) is 0 Å². The first-order valence-corrected chi connectivity index (χ1v) is 9.05. The van der Waals surface area contributed by atoms with Gasteiger partial charge < -0.3 is 16.0 Å². The van der Waals surface area contributed by atoms with E-state index in [1.807, 2.05) is 31.2 Å². The molecule has 1 amide bonds. The Morgan fingerprint density at radius 1 is 1.13 bits per heavy atom. The highest BCUT2D eigenvalue weighted by atomic mass is 16.1. The van der Waals surface area contributed by atoms with Crippen LogP contribution in [0, 0.1) is 12.8 Å². The predicted octanol–water partition coefficient (Wildman–Crippen LogP) is 2.24. The smallest absolute Gasteiger partial charge is 0.251 e. The number of hydrogen-bond acceptors (Lipinski definition) is 3. The largest absolute Gasteiger partial charge is 0.351 e. The molecule has 3 N–H and O–H groups in total. The van der Waals surface area contributed by atoms with Gasteiger partial charge >= 0.3 is 0 Å². The molecular weight excluding hydrogens is 286 g/mol. The number of rotatable bonds is 6. The molecule has 23 heavy (non-hydrogen) atoms. The fraction of sp³-hybridized carbons (Fsp3) is 0.632. The maximum Gasteiger partial charge on any atom is 0.251 e. The first kappa shape index (κ1) is 16.5. The van der Waals surface area contributed by atoms with Crippen LogP contribution in [0.2, 0.25) is 0 Å². The molecule has 1 saturated carbocycles. The highest BCUT2D eigenvalue weighted by Gasteiger charge is 2.34. The molecule has 1 saturated heterocycles. The molecule has 3 rings (SSSR count). The van der Waals surface area contributed by atoms with Gasteiger partial charge in [0.2, 0.25) is 0 Å². The van der Waals surface area contributed by atoms with E-state index in [1.54, 1.807) is 0 Å². The van der Waals surface area contributed by atoms with Crippen molar-refractivity contribution in [1.29, 1.82) is 0 Å². The zero-order valence-corrected chi connectivity index (χ0v) is 14.1. The minimum absolute atomic E-state index is 0.0206. The lowest BCUT2D eigenvalue weighted by Gasteiger charge is -2.26. The van der Waals surface area contributed by atoms with Crippen molar-refractivity contribution in [3.63, 3.8) is 0 Å². The monoisotopic (exact) mass is 315 g/mol. The van der Waals surface area contributed by atoms with Crippen molar-refractivity contribution in [2.75, 3.05) is 19.6 Å². The minimum Gasteiger partial charge on any atom is -0.351 e. The zero-order chi connectivity index (χ0) is 16.1. The molecule has 4 nitrogen and oxygen atoms in total.